The Morgan fingerprint density at radius 2 is 2.18 bits per heavy atom. The van der Waals surface area contributed by atoms with E-state index in [1.165, 1.54) is 5.56 Å². The first kappa shape index (κ1) is 11.7. The lowest BCUT2D eigenvalue weighted by atomic mass is 10.2. The number of methoxy groups -OCH3 is 1. The Hall–Kier alpha value is -1.81. The summed E-state index contributed by atoms with van der Waals surface area (Å²) in [6.07, 6.45) is 0. The molecule has 4 heteroatoms. The van der Waals surface area contributed by atoms with Gasteiger partial charge < -0.3 is 10.1 Å². The standard InChI is InChI=1S/C13H17N3O/c1-10-6-12(16-15-10)9-14-8-11-4-3-5-13(7-11)17-2/h3-7,14H,8-9H2,1-2H3,(H,15,16). The van der Waals surface area contributed by atoms with Gasteiger partial charge in [0.1, 0.15) is 5.75 Å². The third-order valence-corrected chi connectivity index (χ3v) is 2.53. The Balaban J connectivity index is 1.85. The lowest BCUT2D eigenvalue weighted by molar-refractivity contribution is 0.414. The highest BCUT2D eigenvalue weighted by atomic mass is 16.5. The van der Waals surface area contributed by atoms with Crippen LogP contribution in [0.1, 0.15) is 17.0 Å². The van der Waals surface area contributed by atoms with Crippen LogP contribution in [0.4, 0.5) is 0 Å². The molecule has 0 aliphatic rings. The van der Waals surface area contributed by atoms with E-state index in [0.29, 0.717) is 0 Å². The van der Waals surface area contributed by atoms with Gasteiger partial charge in [0.2, 0.25) is 0 Å². The van der Waals surface area contributed by atoms with E-state index in [0.717, 1.165) is 30.2 Å². The molecule has 0 fully saturated rings. The summed E-state index contributed by atoms with van der Waals surface area (Å²) in [7, 11) is 1.68. The Morgan fingerprint density at radius 1 is 1.29 bits per heavy atom. The van der Waals surface area contributed by atoms with Gasteiger partial charge in [-0.25, -0.2) is 0 Å². The van der Waals surface area contributed by atoms with Crippen LogP contribution < -0.4 is 10.1 Å². The van der Waals surface area contributed by atoms with Crippen molar-refractivity contribution in [3.8, 4) is 5.75 Å². The van der Waals surface area contributed by atoms with Crippen molar-refractivity contribution in [2.75, 3.05) is 7.11 Å². The van der Waals surface area contributed by atoms with Gasteiger partial charge in [-0.15, -0.1) is 0 Å². The van der Waals surface area contributed by atoms with Crippen LogP contribution in [-0.4, -0.2) is 17.3 Å². The molecule has 0 aliphatic carbocycles. The minimum Gasteiger partial charge on any atom is -0.497 e. The van der Waals surface area contributed by atoms with Gasteiger partial charge in [-0.3, -0.25) is 5.10 Å². The quantitative estimate of drug-likeness (QED) is 0.827. The third-order valence-electron chi connectivity index (χ3n) is 2.53. The summed E-state index contributed by atoms with van der Waals surface area (Å²) < 4.78 is 5.18. The van der Waals surface area contributed by atoms with E-state index in [-0.39, 0.29) is 0 Å². The normalized spacial score (nSPS) is 10.5. The predicted octanol–water partition coefficient (Wildman–Crippen LogP) is 2.02. The second kappa shape index (κ2) is 5.50. The minimum absolute atomic E-state index is 0.765. The number of aromatic amines is 1. The van der Waals surface area contributed by atoms with Gasteiger partial charge in [0.25, 0.3) is 0 Å². The van der Waals surface area contributed by atoms with Crippen LogP contribution in [-0.2, 0) is 13.1 Å². The molecule has 4 nitrogen and oxygen atoms in total. The maximum Gasteiger partial charge on any atom is 0.119 e. The van der Waals surface area contributed by atoms with Gasteiger partial charge in [0.05, 0.1) is 12.8 Å². The van der Waals surface area contributed by atoms with Crippen molar-refractivity contribution in [2.24, 2.45) is 0 Å². The Bertz CT molecular complexity index is 479. The Kier molecular flexibility index (Phi) is 3.77. The fraction of sp³-hybridized carbons (Fsp3) is 0.308. The van der Waals surface area contributed by atoms with E-state index in [2.05, 4.69) is 21.6 Å². The number of H-pyrrole nitrogens is 1. The van der Waals surface area contributed by atoms with Crippen LogP contribution in [0.25, 0.3) is 0 Å². The molecule has 1 aromatic heterocycles. The molecule has 0 aliphatic heterocycles. The fourth-order valence-corrected chi connectivity index (χ4v) is 1.68. The summed E-state index contributed by atoms with van der Waals surface area (Å²) in [6.45, 7) is 3.57. The molecule has 0 saturated carbocycles. The van der Waals surface area contributed by atoms with Gasteiger partial charge in [-0.05, 0) is 30.7 Å². The van der Waals surface area contributed by atoms with Crippen LogP contribution >= 0.6 is 0 Å². The molecule has 2 N–H and O–H groups in total. The number of aryl methyl sites for hydroxylation is 1. The third kappa shape index (κ3) is 3.32. The van der Waals surface area contributed by atoms with Crippen molar-refractivity contribution in [2.45, 2.75) is 20.0 Å². The zero-order valence-electron chi connectivity index (χ0n) is 10.2. The van der Waals surface area contributed by atoms with Crippen molar-refractivity contribution >= 4 is 0 Å². The molecule has 0 spiro atoms. The van der Waals surface area contributed by atoms with Crippen molar-refractivity contribution < 1.29 is 4.74 Å². The lowest BCUT2D eigenvalue weighted by Gasteiger charge is -2.05. The number of aromatic nitrogens is 2. The molecule has 0 atom stereocenters. The van der Waals surface area contributed by atoms with E-state index in [1.807, 2.05) is 31.2 Å². The van der Waals surface area contributed by atoms with E-state index in [9.17, 15) is 0 Å². The van der Waals surface area contributed by atoms with E-state index >= 15 is 0 Å². The smallest absolute Gasteiger partial charge is 0.119 e. The van der Waals surface area contributed by atoms with E-state index < -0.39 is 0 Å². The summed E-state index contributed by atoms with van der Waals surface area (Å²) in [5.74, 6) is 0.889. The maximum atomic E-state index is 5.18. The molecule has 2 aromatic rings. The number of ether oxygens (including phenoxy) is 1. The van der Waals surface area contributed by atoms with Gasteiger partial charge in [0.15, 0.2) is 0 Å². The van der Waals surface area contributed by atoms with Crippen LogP contribution in [0.2, 0.25) is 0 Å². The molecular formula is C13H17N3O. The highest BCUT2D eigenvalue weighted by Crippen LogP contribution is 2.12. The van der Waals surface area contributed by atoms with Crippen LogP contribution in [0.3, 0.4) is 0 Å². The van der Waals surface area contributed by atoms with Crippen LogP contribution in [0.5, 0.6) is 5.75 Å². The summed E-state index contributed by atoms with van der Waals surface area (Å²) in [6, 6.07) is 10.1. The summed E-state index contributed by atoms with van der Waals surface area (Å²) in [4.78, 5) is 0. The monoisotopic (exact) mass is 231 g/mol. The lowest BCUT2D eigenvalue weighted by Crippen LogP contribution is -2.12. The highest BCUT2D eigenvalue weighted by molar-refractivity contribution is 5.28. The molecule has 0 amide bonds. The molecule has 1 heterocycles. The Labute approximate surface area is 101 Å². The average Bonchev–Trinajstić information content (AvgIpc) is 2.75. The average molecular weight is 231 g/mol. The molecule has 17 heavy (non-hydrogen) atoms. The molecule has 0 saturated heterocycles. The minimum atomic E-state index is 0.765. The molecule has 2 rings (SSSR count). The molecule has 90 valence electrons. The first-order valence-corrected chi connectivity index (χ1v) is 5.62. The second-order valence-electron chi connectivity index (χ2n) is 4.00. The number of hydrogen-bond donors (Lipinski definition) is 2. The van der Waals surface area contributed by atoms with Gasteiger partial charge in [-0.1, -0.05) is 12.1 Å². The number of rotatable bonds is 5. The molecule has 0 radical (unpaired) electrons. The number of hydrogen-bond acceptors (Lipinski definition) is 3. The topological polar surface area (TPSA) is 49.9 Å². The van der Waals surface area contributed by atoms with Crippen molar-refractivity contribution in [1.82, 2.24) is 15.5 Å². The summed E-state index contributed by atoms with van der Waals surface area (Å²) in [5.41, 5.74) is 3.32. The molecular weight excluding hydrogens is 214 g/mol. The highest BCUT2D eigenvalue weighted by Gasteiger charge is 1.98. The summed E-state index contributed by atoms with van der Waals surface area (Å²) >= 11 is 0. The molecule has 0 unspecified atom stereocenters. The van der Waals surface area contributed by atoms with Crippen molar-refractivity contribution in [3.05, 3.63) is 47.3 Å². The fourth-order valence-electron chi connectivity index (χ4n) is 1.68. The largest absolute Gasteiger partial charge is 0.497 e. The SMILES string of the molecule is COc1cccc(CNCc2cc(C)[nH]n2)c1. The van der Waals surface area contributed by atoms with Crippen LogP contribution in [0, 0.1) is 6.92 Å². The number of nitrogens with one attached hydrogen (secondary N) is 2. The van der Waals surface area contributed by atoms with Gasteiger partial charge >= 0.3 is 0 Å². The number of benzene rings is 1. The zero-order chi connectivity index (χ0) is 12.1. The molecule has 1 aromatic carbocycles. The van der Waals surface area contributed by atoms with E-state index in [4.69, 9.17) is 4.74 Å². The van der Waals surface area contributed by atoms with Crippen molar-refractivity contribution in [1.29, 1.82) is 0 Å². The summed E-state index contributed by atoms with van der Waals surface area (Å²) in [5, 5.41) is 10.4. The maximum absolute atomic E-state index is 5.18. The van der Waals surface area contributed by atoms with Crippen molar-refractivity contribution in [3.63, 3.8) is 0 Å². The predicted molar refractivity (Wildman–Crippen MR) is 66.9 cm³/mol. The van der Waals surface area contributed by atoms with Gasteiger partial charge in [0, 0.05) is 18.8 Å². The molecule has 0 bridgehead atoms. The van der Waals surface area contributed by atoms with Crippen LogP contribution in [0.15, 0.2) is 30.3 Å². The second-order valence-corrected chi connectivity index (χ2v) is 4.00. The zero-order valence-corrected chi connectivity index (χ0v) is 10.2. The van der Waals surface area contributed by atoms with E-state index in [1.54, 1.807) is 7.11 Å². The van der Waals surface area contributed by atoms with Gasteiger partial charge in [-0.2, -0.15) is 5.10 Å². The first-order valence-electron chi connectivity index (χ1n) is 5.62. The Morgan fingerprint density at radius 3 is 2.88 bits per heavy atom. The number of nitrogens with zero attached hydrogens (tertiary/aromatic N) is 1. The first-order chi connectivity index (χ1) is 8.28.